The first kappa shape index (κ1) is 33.3. The number of hydrogen-bond acceptors (Lipinski definition) is 2. The van der Waals surface area contributed by atoms with E-state index < -0.39 is 0 Å². The second-order valence-electron chi connectivity index (χ2n) is 15.4. The average molecular weight is 753 g/mol. The topological polar surface area (TPSA) is 17.4 Å². The summed E-state index contributed by atoms with van der Waals surface area (Å²) in [4.78, 5) is 2.40. The molecule has 3 nitrogen and oxygen atoms in total. The van der Waals surface area contributed by atoms with Gasteiger partial charge in [0.25, 0.3) is 0 Å². The van der Waals surface area contributed by atoms with E-state index in [9.17, 15) is 0 Å². The van der Waals surface area contributed by atoms with Crippen molar-refractivity contribution in [2.45, 2.75) is 0 Å². The Hall–Kier alpha value is -7.88. The number of fused-ring (bicyclic) bond motifs is 6. The maximum Gasteiger partial charge on any atom is 0.137 e. The lowest BCUT2D eigenvalue weighted by Crippen LogP contribution is -2.11. The van der Waals surface area contributed by atoms with E-state index in [2.05, 4.69) is 228 Å². The molecular weight excluding hydrogens is 717 g/mol. The predicted molar refractivity (Wildman–Crippen MR) is 247 cm³/mol. The Balaban J connectivity index is 1.13. The van der Waals surface area contributed by atoms with E-state index in [1.807, 2.05) is 0 Å². The molecule has 0 saturated heterocycles. The van der Waals surface area contributed by atoms with Crippen LogP contribution in [0.4, 0.5) is 17.1 Å². The molecule has 0 bridgehead atoms. The SMILES string of the molecule is c1ccc(-c2cc(-c3ccccc3)cc(N(c3ccc4c(c3)Oc3cccc5cccc-4c35)c3ccc4c(c3)c3cc5ccccc5cc3n4-c3ccccc3)c2)cc1. The molecule has 0 radical (unpaired) electrons. The van der Waals surface area contributed by atoms with Crippen molar-refractivity contribution in [1.82, 2.24) is 4.57 Å². The fourth-order valence-corrected chi connectivity index (χ4v) is 9.16. The van der Waals surface area contributed by atoms with Crippen LogP contribution < -0.4 is 9.64 Å². The van der Waals surface area contributed by atoms with Crippen LogP contribution in [0.25, 0.3) is 82.4 Å². The molecule has 0 N–H and O–H groups in total. The average Bonchev–Trinajstić information content (AvgIpc) is 3.61. The van der Waals surface area contributed by atoms with Crippen LogP contribution in [0, 0.1) is 0 Å². The third-order valence-corrected chi connectivity index (χ3v) is 11.9. The summed E-state index contributed by atoms with van der Waals surface area (Å²) in [5.41, 5.74) is 13.5. The van der Waals surface area contributed by atoms with E-state index in [0.29, 0.717) is 0 Å². The van der Waals surface area contributed by atoms with Crippen LogP contribution in [0.15, 0.2) is 218 Å². The summed E-state index contributed by atoms with van der Waals surface area (Å²) >= 11 is 0. The molecule has 10 aromatic carbocycles. The first-order chi connectivity index (χ1) is 29.2. The number of anilines is 3. The lowest BCUT2D eigenvalue weighted by Gasteiger charge is -2.29. The molecule has 0 aliphatic carbocycles. The van der Waals surface area contributed by atoms with E-state index in [4.69, 9.17) is 4.74 Å². The fourth-order valence-electron chi connectivity index (χ4n) is 9.16. The summed E-state index contributed by atoms with van der Waals surface area (Å²) in [6.07, 6.45) is 0. The van der Waals surface area contributed by atoms with Gasteiger partial charge in [0.15, 0.2) is 0 Å². The van der Waals surface area contributed by atoms with Crippen molar-refractivity contribution in [3.8, 4) is 50.6 Å². The molecular formula is C56H36N2O. The molecule has 0 atom stereocenters. The Morgan fingerprint density at radius 2 is 0.932 bits per heavy atom. The number of rotatable bonds is 6. The number of ether oxygens (including phenoxy) is 1. The zero-order valence-corrected chi connectivity index (χ0v) is 32.1. The normalized spacial score (nSPS) is 11.9. The highest BCUT2D eigenvalue weighted by atomic mass is 16.5. The lowest BCUT2D eigenvalue weighted by molar-refractivity contribution is 0.487. The molecule has 59 heavy (non-hydrogen) atoms. The van der Waals surface area contributed by atoms with E-state index >= 15 is 0 Å². The van der Waals surface area contributed by atoms with Crippen LogP contribution in [0.2, 0.25) is 0 Å². The highest BCUT2D eigenvalue weighted by molar-refractivity contribution is 6.15. The van der Waals surface area contributed by atoms with Crippen molar-refractivity contribution in [3.05, 3.63) is 218 Å². The lowest BCUT2D eigenvalue weighted by atomic mass is 9.94. The van der Waals surface area contributed by atoms with Crippen molar-refractivity contribution >= 4 is 60.4 Å². The molecule has 2 heterocycles. The van der Waals surface area contributed by atoms with Crippen LogP contribution in [-0.4, -0.2) is 4.57 Å². The predicted octanol–water partition coefficient (Wildman–Crippen LogP) is 15.7. The van der Waals surface area contributed by atoms with Crippen LogP contribution in [-0.2, 0) is 0 Å². The minimum Gasteiger partial charge on any atom is -0.456 e. The van der Waals surface area contributed by atoms with Gasteiger partial charge in [-0.15, -0.1) is 0 Å². The van der Waals surface area contributed by atoms with Gasteiger partial charge in [-0.25, -0.2) is 0 Å². The van der Waals surface area contributed by atoms with Crippen LogP contribution in [0.5, 0.6) is 11.5 Å². The van der Waals surface area contributed by atoms with E-state index in [0.717, 1.165) is 61.8 Å². The summed E-state index contributed by atoms with van der Waals surface area (Å²) in [6, 6.07) is 78.8. The largest absolute Gasteiger partial charge is 0.456 e. The number of nitrogens with zero attached hydrogens (tertiary/aromatic N) is 2. The number of hydrogen-bond donors (Lipinski definition) is 0. The van der Waals surface area contributed by atoms with Crippen molar-refractivity contribution in [3.63, 3.8) is 0 Å². The minimum absolute atomic E-state index is 0.842. The van der Waals surface area contributed by atoms with E-state index in [-0.39, 0.29) is 0 Å². The van der Waals surface area contributed by atoms with Crippen molar-refractivity contribution in [2.24, 2.45) is 0 Å². The summed E-state index contributed by atoms with van der Waals surface area (Å²) in [5, 5.41) is 7.18. The molecule has 276 valence electrons. The van der Waals surface area contributed by atoms with Gasteiger partial charge in [0.05, 0.1) is 11.0 Å². The highest BCUT2D eigenvalue weighted by Crippen LogP contribution is 2.50. The van der Waals surface area contributed by atoms with Crippen LogP contribution in [0.3, 0.4) is 0 Å². The van der Waals surface area contributed by atoms with Gasteiger partial charge in [0.1, 0.15) is 11.5 Å². The molecule has 1 aromatic heterocycles. The first-order valence-corrected chi connectivity index (χ1v) is 20.2. The number of aromatic nitrogens is 1. The summed E-state index contributed by atoms with van der Waals surface area (Å²) in [7, 11) is 0. The zero-order chi connectivity index (χ0) is 38.9. The van der Waals surface area contributed by atoms with E-state index in [1.165, 1.54) is 49.1 Å². The molecule has 12 rings (SSSR count). The van der Waals surface area contributed by atoms with Gasteiger partial charge < -0.3 is 14.2 Å². The van der Waals surface area contributed by atoms with Gasteiger partial charge in [-0.05, 0) is 123 Å². The standard InChI is InChI=1S/C56H36N2O/c1-4-14-37(15-5-1)42-30-43(38-16-6-2-7-17-38)32-47(31-42)57(46-26-28-48-49-24-12-20-39-21-13-25-54(56(39)49)59-55(48)36-46)45-27-29-52-51(35-45)50-33-40-18-10-11-19-41(40)34-53(50)58(52)44-22-8-3-9-23-44/h1-36H. The van der Waals surface area contributed by atoms with Crippen molar-refractivity contribution < 1.29 is 4.74 Å². The van der Waals surface area contributed by atoms with Crippen LogP contribution >= 0.6 is 0 Å². The molecule has 0 unspecified atom stereocenters. The van der Waals surface area contributed by atoms with Crippen molar-refractivity contribution in [1.29, 1.82) is 0 Å². The molecule has 3 heteroatoms. The van der Waals surface area contributed by atoms with Gasteiger partial charge >= 0.3 is 0 Å². The number of benzene rings is 10. The maximum atomic E-state index is 6.79. The molecule has 0 amide bonds. The monoisotopic (exact) mass is 752 g/mol. The Kier molecular flexibility index (Phi) is 7.54. The third kappa shape index (κ3) is 5.51. The van der Waals surface area contributed by atoms with E-state index in [1.54, 1.807) is 0 Å². The second kappa shape index (κ2) is 13.4. The summed E-state index contributed by atoms with van der Waals surface area (Å²) in [6.45, 7) is 0. The van der Waals surface area contributed by atoms with Crippen LogP contribution in [0.1, 0.15) is 0 Å². The maximum absolute atomic E-state index is 6.79. The molecule has 11 aromatic rings. The fraction of sp³-hybridized carbons (Fsp3) is 0. The highest BCUT2D eigenvalue weighted by Gasteiger charge is 2.24. The molecule has 0 fully saturated rings. The minimum atomic E-state index is 0.842. The number of para-hydroxylation sites is 1. The van der Waals surface area contributed by atoms with Gasteiger partial charge in [-0.3, -0.25) is 0 Å². The quantitative estimate of drug-likeness (QED) is 0.168. The second-order valence-corrected chi connectivity index (χ2v) is 15.4. The Morgan fingerprint density at radius 3 is 1.66 bits per heavy atom. The Morgan fingerprint density at radius 1 is 0.339 bits per heavy atom. The summed E-state index contributed by atoms with van der Waals surface area (Å²) in [5.74, 6) is 1.73. The first-order valence-electron chi connectivity index (χ1n) is 20.2. The Labute approximate surface area is 342 Å². The molecule has 0 spiro atoms. The van der Waals surface area contributed by atoms with Gasteiger partial charge in [-0.2, -0.15) is 0 Å². The van der Waals surface area contributed by atoms with Gasteiger partial charge in [-0.1, -0.05) is 133 Å². The van der Waals surface area contributed by atoms with Gasteiger partial charge in [0.2, 0.25) is 0 Å². The molecule has 1 aliphatic rings. The van der Waals surface area contributed by atoms with Crippen molar-refractivity contribution in [2.75, 3.05) is 4.90 Å². The zero-order valence-electron chi connectivity index (χ0n) is 32.1. The molecule has 0 saturated carbocycles. The van der Waals surface area contributed by atoms with Gasteiger partial charge in [0, 0.05) is 50.5 Å². The third-order valence-electron chi connectivity index (χ3n) is 11.9. The Bertz CT molecular complexity index is 3340. The molecule has 1 aliphatic heterocycles. The smallest absolute Gasteiger partial charge is 0.137 e. The summed E-state index contributed by atoms with van der Waals surface area (Å²) < 4.78 is 9.19.